The van der Waals surface area contributed by atoms with Gasteiger partial charge < -0.3 is 5.73 Å². The first kappa shape index (κ1) is 13.9. The Balaban J connectivity index is 1.92. The van der Waals surface area contributed by atoms with Gasteiger partial charge in [-0.1, -0.05) is 60.7 Å². The van der Waals surface area contributed by atoms with E-state index in [4.69, 9.17) is 5.73 Å². The Morgan fingerprint density at radius 3 is 2.14 bits per heavy atom. The van der Waals surface area contributed by atoms with Crippen molar-refractivity contribution in [2.45, 2.75) is 13.0 Å². The van der Waals surface area contributed by atoms with E-state index in [-0.39, 0.29) is 0 Å². The van der Waals surface area contributed by atoms with Gasteiger partial charge in [0.1, 0.15) is 17.5 Å². The van der Waals surface area contributed by atoms with E-state index in [1.54, 1.807) is 4.68 Å². The molecule has 0 unspecified atom stereocenters. The maximum Gasteiger partial charge on any atom is 0.140 e. The zero-order valence-corrected chi connectivity index (χ0v) is 12.1. The number of hydrogen-bond acceptors (Lipinski definition) is 3. The molecule has 4 nitrogen and oxygen atoms in total. The maximum absolute atomic E-state index is 9.37. The molecule has 2 aromatic carbocycles. The van der Waals surface area contributed by atoms with Gasteiger partial charge in [-0.2, -0.15) is 10.4 Å². The molecule has 0 fully saturated rings. The number of nitrogens with zero attached hydrogens (tertiary/aromatic N) is 3. The molecule has 0 spiro atoms. The first-order valence-electron chi connectivity index (χ1n) is 7.11. The first-order chi connectivity index (χ1) is 10.8. The molecule has 0 radical (unpaired) electrons. The summed E-state index contributed by atoms with van der Waals surface area (Å²) >= 11 is 0. The number of nitrogen functional groups attached to an aromatic ring is 1. The molecular weight excluding hydrogens is 272 g/mol. The zero-order valence-electron chi connectivity index (χ0n) is 12.1. The summed E-state index contributed by atoms with van der Waals surface area (Å²) in [6, 6.07) is 22.1. The Bertz CT molecular complexity index is 798. The van der Waals surface area contributed by atoms with Gasteiger partial charge in [0.2, 0.25) is 0 Å². The van der Waals surface area contributed by atoms with Gasteiger partial charge in [-0.25, -0.2) is 4.68 Å². The zero-order chi connectivity index (χ0) is 15.4. The largest absolute Gasteiger partial charge is 0.383 e. The summed E-state index contributed by atoms with van der Waals surface area (Å²) in [5, 5.41) is 13.9. The Labute approximate surface area is 129 Å². The van der Waals surface area contributed by atoms with Crippen LogP contribution in [0.4, 0.5) is 5.82 Å². The molecule has 22 heavy (non-hydrogen) atoms. The lowest BCUT2D eigenvalue weighted by Gasteiger charge is -2.03. The Morgan fingerprint density at radius 2 is 1.55 bits per heavy atom. The molecule has 3 aromatic rings. The van der Waals surface area contributed by atoms with Crippen molar-refractivity contribution >= 4 is 5.82 Å². The molecule has 108 valence electrons. The third-order valence-electron chi connectivity index (χ3n) is 3.57. The van der Waals surface area contributed by atoms with Crippen LogP contribution in [0.25, 0.3) is 0 Å². The van der Waals surface area contributed by atoms with Crippen LogP contribution in [0.5, 0.6) is 0 Å². The Hall–Kier alpha value is -3.06. The normalized spacial score (nSPS) is 10.3. The molecular formula is C18H16N4. The van der Waals surface area contributed by atoms with Crippen molar-refractivity contribution in [3.8, 4) is 6.07 Å². The number of anilines is 1. The summed E-state index contributed by atoms with van der Waals surface area (Å²) in [6.45, 7) is 0.566. The molecule has 0 saturated carbocycles. The van der Waals surface area contributed by atoms with E-state index in [0.717, 1.165) is 16.8 Å². The van der Waals surface area contributed by atoms with Gasteiger partial charge in [0, 0.05) is 6.42 Å². The van der Waals surface area contributed by atoms with Crippen LogP contribution in [-0.2, 0) is 13.0 Å². The fourth-order valence-corrected chi connectivity index (χ4v) is 2.44. The van der Waals surface area contributed by atoms with Crippen molar-refractivity contribution in [1.82, 2.24) is 9.78 Å². The van der Waals surface area contributed by atoms with E-state index in [9.17, 15) is 5.26 Å². The fraction of sp³-hybridized carbons (Fsp3) is 0.111. The quantitative estimate of drug-likeness (QED) is 0.802. The van der Waals surface area contributed by atoms with E-state index >= 15 is 0 Å². The number of hydrogen-bond donors (Lipinski definition) is 1. The van der Waals surface area contributed by atoms with E-state index in [2.05, 4.69) is 11.2 Å². The predicted octanol–water partition coefficient (Wildman–Crippen LogP) is 2.98. The topological polar surface area (TPSA) is 67.6 Å². The van der Waals surface area contributed by atoms with E-state index < -0.39 is 0 Å². The summed E-state index contributed by atoms with van der Waals surface area (Å²) in [6.07, 6.45) is 0.607. The highest BCUT2D eigenvalue weighted by Gasteiger charge is 2.15. The van der Waals surface area contributed by atoms with Crippen LogP contribution < -0.4 is 5.73 Å². The van der Waals surface area contributed by atoms with Crippen LogP contribution in [-0.4, -0.2) is 9.78 Å². The number of nitrogens with two attached hydrogens (primary N) is 1. The van der Waals surface area contributed by atoms with E-state index in [1.807, 2.05) is 60.7 Å². The minimum Gasteiger partial charge on any atom is -0.383 e. The number of benzene rings is 2. The van der Waals surface area contributed by atoms with Crippen molar-refractivity contribution in [2.75, 3.05) is 5.73 Å². The van der Waals surface area contributed by atoms with Crippen LogP contribution in [0.2, 0.25) is 0 Å². The van der Waals surface area contributed by atoms with E-state index in [0.29, 0.717) is 24.3 Å². The van der Waals surface area contributed by atoms with Crippen molar-refractivity contribution < 1.29 is 0 Å². The first-order valence-corrected chi connectivity index (χ1v) is 7.11. The SMILES string of the molecule is N#Cc1c(Cc2ccccc2)nn(Cc2ccccc2)c1N. The lowest BCUT2D eigenvalue weighted by Crippen LogP contribution is -2.06. The molecule has 0 bridgehead atoms. The van der Waals surface area contributed by atoms with Crippen molar-refractivity contribution in [3.05, 3.63) is 83.0 Å². The standard InChI is InChI=1S/C18H16N4/c19-12-16-17(11-14-7-3-1-4-8-14)21-22(18(16)20)13-15-9-5-2-6-10-15/h1-10H,11,13,20H2. The smallest absolute Gasteiger partial charge is 0.140 e. The minimum atomic E-state index is 0.428. The lowest BCUT2D eigenvalue weighted by atomic mass is 10.1. The highest BCUT2D eigenvalue weighted by molar-refractivity contribution is 5.53. The summed E-state index contributed by atoms with van der Waals surface area (Å²) in [5.41, 5.74) is 9.51. The Kier molecular flexibility index (Phi) is 3.88. The summed E-state index contributed by atoms with van der Waals surface area (Å²) in [5.74, 6) is 0.428. The van der Waals surface area contributed by atoms with Gasteiger partial charge in [0.25, 0.3) is 0 Å². The lowest BCUT2D eigenvalue weighted by molar-refractivity contribution is 0.685. The third-order valence-corrected chi connectivity index (χ3v) is 3.57. The fourth-order valence-electron chi connectivity index (χ4n) is 2.44. The van der Waals surface area contributed by atoms with Crippen molar-refractivity contribution in [3.63, 3.8) is 0 Å². The second-order valence-electron chi connectivity index (χ2n) is 5.12. The molecule has 1 heterocycles. The Morgan fingerprint density at radius 1 is 0.955 bits per heavy atom. The molecule has 0 amide bonds. The predicted molar refractivity (Wildman–Crippen MR) is 86.1 cm³/mol. The van der Waals surface area contributed by atoms with Crippen LogP contribution in [0.1, 0.15) is 22.4 Å². The molecule has 4 heteroatoms. The van der Waals surface area contributed by atoms with E-state index in [1.165, 1.54) is 0 Å². The molecule has 0 aliphatic rings. The van der Waals surface area contributed by atoms with Gasteiger partial charge in [-0.3, -0.25) is 0 Å². The van der Waals surface area contributed by atoms with Gasteiger partial charge in [0.05, 0.1) is 12.2 Å². The molecule has 0 aliphatic heterocycles. The second kappa shape index (κ2) is 6.15. The van der Waals surface area contributed by atoms with Gasteiger partial charge in [0.15, 0.2) is 0 Å². The van der Waals surface area contributed by atoms with Crippen molar-refractivity contribution in [1.29, 1.82) is 5.26 Å². The molecule has 1 aromatic heterocycles. The van der Waals surface area contributed by atoms with Gasteiger partial charge in [-0.05, 0) is 11.1 Å². The van der Waals surface area contributed by atoms with Crippen LogP contribution in [0.15, 0.2) is 60.7 Å². The average Bonchev–Trinajstić information content (AvgIpc) is 2.84. The highest BCUT2D eigenvalue weighted by Crippen LogP contribution is 2.20. The number of rotatable bonds is 4. The third kappa shape index (κ3) is 2.84. The molecule has 3 rings (SSSR count). The number of aromatic nitrogens is 2. The average molecular weight is 288 g/mol. The van der Waals surface area contributed by atoms with Crippen LogP contribution in [0.3, 0.4) is 0 Å². The van der Waals surface area contributed by atoms with Crippen LogP contribution in [0, 0.1) is 11.3 Å². The minimum absolute atomic E-state index is 0.428. The summed E-state index contributed by atoms with van der Waals surface area (Å²) in [7, 11) is 0. The second-order valence-corrected chi connectivity index (χ2v) is 5.12. The summed E-state index contributed by atoms with van der Waals surface area (Å²) in [4.78, 5) is 0. The molecule has 0 saturated heterocycles. The maximum atomic E-state index is 9.37. The molecule has 2 N–H and O–H groups in total. The highest BCUT2D eigenvalue weighted by atomic mass is 15.3. The molecule has 0 atom stereocenters. The summed E-state index contributed by atoms with van der Waals surface area (Å²) < 4.78 is 1.70. The molecule has 0 aliphatic carbocycles. The number of nitriles is 1. The van der Waals surface area contributed by atoms with Crippen LogP contribution >= 0.6 is 0 Å². The van der Waals surface area contributed by atoms with Gasteiger partial charge >= 0.3 is 0 Å². The van der Waals surface area contributed by atoms with Crippen molar-refractivity contribution in [2.24, 2.45) is 0 Å². The monoisotopic (exact) mass is 288 g/mol. The van der Waals surface area contributed by atoms with Gasteiger partial charge in [-0.15, -0.1) is 0 Å².